The third kappa shape index (κ3) is 3.65. The first kappa shape index (κ1) is 16.5. The molecule has 1 saturated heterocycles. The van der Waals surface area contributed by atoms with E-state index in [0.29, 0.717) is 11.5 Å². The predicted molar refractivity (Wildman–Crippen MR) is 92.4 cm³/mol. The van der Waals surface area contributed by atoms with Crippen molar-refractivity contribution in [1.82, 2.24) is 10.2 Å². The number of halogens is 1. The second kappa shape index (κ2) is 6.07. The van der Waals surface area contributed by atoms with Crippen LogP contribution in [-0.2, 0) is 6.54 Å². The molecule has 4 heteroatoms. The van der Waals surface area contributed by atoms with Crippen molar-refractivity contribution in [2.75, 3.05) is 13.1 Å². The minimum atomic E-state index is 0.242. The molecule has 0 saturated carbocycles. The summed E-state index contributed by atoms with van der Waals surface area (Å²) < 4.78 is 1.26. The fourth-order valence-corrected chi connectivity index (χ4v) is 4.47. The lowest BCUT2D eigenvalue weighted by atomic mass is 9.81. The van der Waals surface area contributed by atoms with Crippen LogP contribution in [0.25, 0.3) is 0 Å². The van der Waals surface area contributed by atoms with Crippen LogP contribution in [0, 0.1) is 5.41 Å². The number of rotatable bonds is 3. The van der Waals surface area contributed by atoms with Gasteiger partial charge in [-0.15, -0.1) is 11.3 Å². The first-order valence-electron chi connectivity index (χ1n) is 7.46. The SMILES string of the molecule is CCC1(C)CN(Cc2sccc2Br)C(C(C)(C)C)CN1. The van der Waals surface area contributed by atoms with Crippen molar-refractivity contribution < 1.29 is 0 Å². The molecule has 2 nitrogen and oxygen atoms in total. The van der Waals surface area contributed by atoms with Crippen molar-refractivity contribution in [3.05, 3.63) is 20.8 Å². The van der Waals surface area contributed by atoms with Gasteiger partial charge in [-0.05, 0) is 46.1 Å². The highest BCUT2D eigenvalue weighted by Crippen LogP contribution is 2.33. The van der Waals surface area contributed by atoms with Gasteiger partial charge in [0.15, 0.2) is 0 Å². The lowest BCUT2D eigenvalue weighted by Gasteiger charge is -2.50. The van der Waals surface area contributed by atoms with Crippen LogP contribution in [0.1, 0.15) is 45.9 Å². The standard InChI is InChI=1S/C16H27BrN2S/c1-6-16(5)11-19(10-13-12(17)7-8-20-13)14(9-18-16)15(2,3)4/h7-8,14,18H,6,9-11H2,1-5H3. The van der Waals surface area contributed by atoms with Crippen LogP contribution in [-0.4, -0.2) is 29.6 Å². The zero-order chi connectivity index (χ0) is 15.0. The minimum absolute atomic E-state index is 0.242. The van der Waals surface area contributed by atoms with Crippen LogP contribution in [0.4, 0.5) is 0 Å². The topological polar surface area (TPSA) is 15.3 Å². The highest BCUT2D eigenvalue weighted by Gasteiger charge is 2.39. The first-order chi connectivity index (χ1) is 9.25. The molecule has 1 N–H and O–H groups in total. The molecule has 0 aliphatic carbocycles. The summed E-state index contributed by atoms with van der Waals surface area (Å²) in [6, 6.07) is 2.74. The Balaban J connectivity index is 2.20. The molecule has 1 fully saturated rings. The zero-order valence-electron chi connectivity index (χ0n) is 13.3. The van der Waals surface area contributed by atoms with E-state index in [1.54, 1.807) is 0 Å². The van der Waals surface area contributed by atoms with Gasteiger partial charge in [0.05, 0.1) is 0 Å². The molecule has 1 aromatic heterocycles. The fraction of sp³-hybridized carbons (Fsp3) is 0.750. The largest absolute Gasteiger partial charge is 0.309 e. The summed E-state index contributed by atoms with van der Waals surface area (Å²) in [5.41, 5.74) is 0.539. The maximum Gasteiger partial charge on any atom is 0.0343 e. The molecular formula is C16H27BrN2S. The number of hydrogen-bond donors (Lipinski definition) is 1. The maximum atomic E-state index is 3.78. The molecule has 0 amide bonds. The van der Waals surface area contributed by atoms with E-state index in [2.05, 4.69) is 72.2 Å². The molecule has 2 rings (SSSR count). The van der Waals surface area contributed by atoms with Gasteiger partial charge in [-0.25, -0.2) is 0 Å². The summed E-state index contributed by atoms with van der Waals surface area (Å²) in [4.78, 5) is 4.12. The van der Waals surface area contributed by atoms with Crippen molar-refractivity contribution in [3.63, 3.8) is 0 Å². The summed E-state index contributed by atoms with van der Waals surface area (Å²) >= 11 is 5.53. The van der Waals surface area contributed by atoms with Crippen molar-refractivity contribution in [2.24, 2.45) is 5.41 Å². The molecule has 2 heterocycles. The van der Waals surface area contributed by atoms with E-state index in [4.69, 9.17) is 0 Å². The van der Waals surface area contributed by atoms with Gasteiger partial charge in [0.25, 0.3) is 0 Å². The average Bonchev–Trinajstić information content (AvgIpc) is 2.74. The van der Waals surface area contributed by atoms with E-state index in [1.807, 2.05) is 11.3 Å². The van der Waals surface area contributed by atoms with Gasteiger partial charge >= 0.3 is 0 Å². The van der Waals surface area contributed by atoms with Gasteiger partial charge in [0, 0.05) is 40.6 Å². The van der Waals surface area contributed by atoms with Crippen LogP contribution in [0.3, 0.4) is 0 Å². The van der Waals surface area contributed by atoms with E-state index in [1.165, 1.54) is 15.8 Å². The summed E-state index contributed by atoms with van der Waals surface area (Å²) in [6.07, 6.45) is 1.17. The minimum Gasteiger partial charge on any atom is -0.309 e. The monoisotopic (exact) mass is 358 g/mol. The number of nitrogens with zero attached hydrogens (tertiary/aromatic N) is 1. The molecule has 20 heavy (non-hydrogen) atoms. The van der Waals surface area contributed by atoms with Gasteiger partial charge in [-0.3, -0.25) is 4.90 Å². The van der Waals surface area contributed by atoms with Crippen molar-refractivity contribution in [3.8, 4) is 0 Å². The van der Waals surface area contributed by atoms with E-state index in [-0.39, 0.29) is 5.54 Å². The molecule has 1 aliphatic heterocycles. The third-order valence-corrected chi connectivity index (χ3v) is 6.44. The second-order valence-corrected chi connectivity index (χ2v) is 9.13. The highest BCUT2D eigenvalue weighted by molar-refractivity contribution is 9.10. The molecular weight excluding hydrogens is 332 g/mol. The Kier molecular flexibility index (Phi) is 5.00. The quantitative estimate of drug-likeness (QED) is 0.855. The van der Waals surface area contributed by atoms with E-state index < -0.39 is 0 Å². The molecule has 0 spiro atoms. The molecule has 0 radical (unpaired) electrons. The number of hydrogen-bond acceptors (Lipinski definition) is 3. The lowest BCUT2D eigenvalue weighted by Crippen LogP contribution is -2.65. The van der Waals surface area contributed by atoms with Crippen LogP contribution >= 0.6 is 27.3 Å². The summed E-state index contributed by atoms with van der Waals surface area (Å²) in [7, 11) is 0. The smallest absolute Gasteiger partial charge is 0.0343 e. The first-order valence-corrected chi connectivity index (χ1v) is 9.13. The van der Waals surface area contributed by atoms with Gasteiger partial charge in [-0.2, -0.15) is 0 Å². The van der Waals surface area contributed by atoms with E-state index in [0.717, 1.165) is 19.6 Å². The van der Waals surface area contributed by atoms with Gasteiger partial charge in [-0.1, -0.05) is 27.7 Å². The Morgan fingerprint density at radius 3 is 2.70 bits per heavy atom. The summed E-state index contributed by atoms with van der Waals surface area (Å²) in [6.45, 7) is 14.9. The maximum absolute atomic E-state index is 3.78. The average molecular weight is 359 g/mol. The van der Waals surface area contributed by atoms with Crippen LogP contribution in [0.15, 0.2) is 15.9 Å². The highest BCUT2D eigenvalue weighted by atomic mass is 79.9. The molecule has 0 aromatic carbocycles. The molecule has 1 aliphatic rings. The van der Waals surface area contributed by atoms with E-state index in [9.17, 15) is 0 Å². The molecule has 2 atom stereocenters. The van der Waals surface area contributed by atoms with Crippen LogP contribution in [0.2, 0.25) is 0 Å². The lowest BCUT2D eigenvalue weighted by molar-refractivity contribution is 0.0210. The normalized spacial score (nSPS) is 28.8. The van der Waals surface area contributed by atoms with Crippen LogP contribution < -0.4 is 5.32 Å². The Morgan fingerprint density at radius 2 is 2.20 bits per heavy atom. The van der Waals surface area contributed by atoms with Crippen LogP contribution in [0.5, 0.6) is 0 Å². The molecule has 0 bridgehead atoms. The van der Waals surface area contributed by atoms with Crippen molar-refractivity contribution in [2.45, 2.75) is 59.2 Å². The Morgan fingerprint density at radius 1 is 1.50 bits per heavy atom. The molecule has 1 aromatic rings. The summed E-state index contributed by atoms with van der Waals surface area (Å²) in [5.74, 6) is 0. The Bertz CT molecular complexity index is 452. The zero-order valence-corrected chi connectivity index (χ0v) is 15.7. The van der Waals surface area contributed by atoms with Gasteiger partial charge in [0.2, 0.25) is 0 Å². The summed E-state index contributed by atoms with van der Waals surface area (Å²) in [5, 5.41) is 5.95. The molecule has 2 unspecified atom stereocenters. The van der Waals surface area contributed by atoms with Gasteiger partial charge in [0.1, 0.15) is 0 Å². The Hall–Kier alpha value is 0.1000. The third-order valence-electron chi connectivity index (χ3n) is 4.53. The fourth-order valence-electron chi connectivity index (χ4n) is 2.97. The number of thiophene rings is 1. The van der Waals surface area contributed by atoms with Crippen molar-refractivity contribution >= 4 is 27.3 Å². The second-order valence-electron chi connectivity index (χ2n) is 7.27. The molecule has 114 valence electrons. The predicted octanol–water partition coefficient (Wildman–Crippen LogP) is 4.50. The Labute approximate surface area is 136 Å². The number of piperazine rings is 1. The van der Waals surface area contributed by atoms with Crippen molar-refractivity contribution in [1.29, 1.82) is 0 Å². The number of nitrogens with one attached hydrogen (secondary N) is 1. The van der Waals surface area contributed by atoms with Gasteiger partial charge < -0.3 is 5.32 Å². The van der Waals surface area contributed by atoms with E-state index >= 15 is 0 Å².